The number of aliphatic carboxylic acids is 1. The Morgan fingerprint density at radius 3 is 1.13 bits per heavy atom. The fraction of sp³-hybridized carbons (Fsp3) is 0.875. The summed E-state index contributed by atoms with van der Waals surface area (Å²) in [6.45, 7) is 20.6. The van der Waals surface area contributed by atoms with Crippen LogP contribution in [-0.2, 0) is 9.59 Å². The third kappa shape index (κ3) is 9.71. The molecule has 0 aromatic carbocycles. The van der Waals surface area contributed by atoms with Crippen LogP contribution in [0, 0.1) is 81.8 Å². The van der Waals surface area contributed by atoms with E-state index in [9.17, 15) is 14.7 Å². The molecule has 0 aliphatic heterocycles. The van der Waals surface area contributed by atoms with Gasteiger partial charge in [-0.05, 0) is 223 Å². The van der Waals surface area contributed by atoms with Crippen LogP contribution in [0.1, 0.15) is 171 Å². The second-order valence-electron chi connectivity index (χ2n) is 20.4. The first kappa shape index (κ1) is 45.9. The molecule has 12 rings (SSSR count). The lowest BCUT2D eigenvalue weighted by Crippen LogP contribution is -2.57. The molecule has 4 nitrogen and oxygen atoms in total. The number of hydrogen-bond acceptors (Lipinski definition) is 3. The van der Waals surface area contributed by atoms with E-state index in [2.05, 4.69) is 47.8 Å². The second kappa shape index (κ2) is 18.8. The molecular weight excluding hydrogens is 711 g/mol. The van der Waals surface area contributed by atoms with E-state index in [1.807, 2.05) is 0 Å². The summed E-state index contributed by atoms with van der Waals surface area (Å²) in [5.41, 5.74) is 2.75. The molecule has 0 heterocycles. The minimum Gasteiger partial charge on any atom is -0.478 e. The summed E-state index contributed by atoms with van der Waals surface area (Å²) in [6.07, 6.45) is 27.6. The van der Waals surface area contributed by atoms with E-state index in [0.717, 1.165) is 71.0 Å². The first-order chi connectivity index (χ1) is 25.0. The van der Waals surface area contributed by atoms with Crippen molar-refractivity contribution in [3.05, 3.63) is 24.3 Å². The summed E-state index contributed by atoms with van der Waals surface area (Å²) in [7, 11) is 0. The van der Waals surface area contributed by atoms with Gasteiger partial charge < -0.3 is 10.2 Å². The second-order valence-corrected chi connectivity index (χ2v) is 21.1. The number of carbonyl (C=O) groups is 2. The van der Waals surface area contributed by atoms with Crippen molar-refractivity contribution in [2.75, 3.05) is 5.88 Å². The zero-order valence-corrected chi connectivity index (χ0v) is 36.0. The van der Waals surface area contributed by atoms with Crippen LogP contribution in [0.15, 0.2) is 24.3 Å². The van der Waals surface area contributed by atoms with Gasteiger partial charge in [0.1, 0.15) is 0 Å². The fourth-order valence-corrected chi connectivity index (χ4v) is 15.1. The lowest BCUT2D eigenvalue weighted by atomic mass is 9.43. The molecule has 0 aromatic heterocycles. The largest absolute Gasteiger partial charge is 0.478 e. The van der Waals surface area contributed by atoms with E-state index in [1.54, 1.807) is 64.2 Å². The van der Waals surface area contributed by atoms with Crippen molar-refractivity contribution in [3.63, 3.8) is 0 Å². The molecule has 12 aliphatic rings. The molecule has 0 atom stereocenters. The van der Waals surface area contributed by atoms with Gasteiger partial charge in [-0.1, -0.05) is 53.7 Å². The molecule has 12 saturated carbocycles. The number of alkyl halides is 1. The summed E-state index contributed by atoms with van der Waals surface area (Å²) in [6, 6.07) is 0. The lowest BCUT2D eigenvalue weighted by Gasteiger charge is -2.61. The van der Waals surface area contributed by atoms with Crippen LogP contribution in [0.3, 0.4) is 0 Å². The van der Waals surface area contributed by atoms with E-state index in [1.165, 1.54) is 63.9 Å². The highest BCUT2D eigenvalue weighted by Gasteiger charge is 2.57. The average Bonchev–Trinajstić information content (AvgIpc) is 3.11. The molecule has 0 saturated heterocycles. The number of halogens is 2. The van der Waals surface area contributed by atoms with Crippen molar-refractivity contribution in [2.45, 2.75) is 177 Å². The summed E-state index contributed by atoms with van der Waals surface area (Å²) in [5.74, 6) is 11.0. The Morgan fingerprint density at radius 2 is 0.907 bits per heavy atom. The first-order valence-corrected chi connectivity index (χ1v) is 22.9. The molecule has 0 amide bonds. The van der Waals surface area contributed by atoms with Gasteiger partial charge in [-0.25, -0.2) is 4.79 Å². The number of hydrogen-bond donors (Lipinski definition) is 2. The molecule has 2 N–H and O–H groups in total. The highest BCUT2D eigenvalue weighted by molar-refractivity contribution is 6.67. The van der Waals surface area contributed by atoms with E-state index >= 15 is 0 Å². The SMILES string of the molecule is C.C=C(C)C(=O)O.C=C(C)CC1(CC)C2CC3CC(C2)CC1C3.CCC1(C)C2CC3CC(C2)CC1C3.CCC1(O)C2CC3CC(C2)CC1C3.O=C(Cl)CCl. The van der Waals surface area contributed by atoms with E-state index in [0.29, 0.717) is 17.3 Å². The molecule has 0 spiro atoms. The van der Waals surface area contributed by atoms with Crippen LogP contribution in [0.2, 0.25) is 0 Å². The maximum absolute atomic E-state index is 10.6. The zero-order valence-electron chi connectivity index (χ0n) is 34.5. The van der Waals surface area contributed by atoms with Crippen molar-refractivity contribution in [3.8, 4) is 0 Å². The third-order valence-electron chi connectivity index (χ3n) is 17.4. The van der Waals surface area contributed by atoms with Crippen molar-refractivity contribution in [1.82, 2.24) is 0 Å². The van der Waals surface area contributed by atoms with Gasteiger partial charge in [0.25, 0.3) is 0 Å². The predicted octanol–water partition coefficient (Wildman–Crippen LogP) is 13.5. The van der Waals surface area contributed by atoms with Crippen molar-refractivity contribution < 1.29 is 19.8 Å². The Bertz CT molecular complexity index is 1160. The Morgan fingerprint density at radius 1 is 0.611 bits per heavy atom. The van der Waals surface area contributed by atoms with Gasteiger partial charge in [-0.15, -0.1) is 18.2 Å². The first-order valence-electron chi connectivity index (χ1n) is 22.0. The summed E-state index contributed by atoms with van der Waals surface area (Å²) in [4.78, 5) is 19.0. The van der Waals surface area contributed by atoms with Crippen LogP contribution < -0.4 is 0 Å². The van der Waals surface area contributed by atoms with Gasteiger partial charge in [-0.3, -0.25) is 4.79 Å². The minimum absolute atomic E-state index is 0. The highest BCUT2D eigenvalue weighted by Crippen LogP contribution is 2.66. The molecule has 6 heteroatoms. The van der Waals surface area contributed by atoms with Crippen LogP contribution in [-0.4, -0.2) is 32.9 Å². The normalized spacial score (nSPS) is 44.5. The molecule has 0 unspecified atom stereocenters. The van der Waals surface area contributed by atoms with Gasteiger partial charge >= 0.3 is 5.97 Å². The van der Waals surface area contributed by atoms with Crippen LogP contribution in [0.5, 0.6) is 0 Å². The summed E-state index contributed by atoms with van der Waals surface area (Å²) >= 11 is 9.55. The predicted molar refractivity (Wildman–Crippen MR) is 228 cm³/mol. The standard InChI is InChI=1S/C16H26.C13H22.C12H20O.C4H6O2.C2H2Cl2O.CH4/c1-4-16(10-11(2)3)14-6-12-5-13(8-14)9-15(16)7-12;1-3-13(2)11-5-9-4-10(7-11)8-12(13)6-9;1-2-12(13)10-4-8-3-9(6-10)7-11(12)5-8;1-3(2)4(5)6;3-1-2(4)5;/h12-15H,2,4-10H2,1,3H3;9-12H,3-8H2,1-2H3;8-11,13H,2-7H2,1H3;1H2,2H3,(H,5,6);1H2;1H4. The molecule has 54 heavy (non-hydrogen) atoms. The summed E-state index contributed by atoms with van der Waals surface area (Å²) in [5, 5.41) is 18.0. The molecule has 12 fully saturated rings. The minimum atomic E-state index is -0.935. The molecule has 12 bridgehead atoms. The lowest BCUT2D eigenvalue weighted by molar-refractivity contribution is -0.173. The summed E-state index contributed by atoms with van der Waals surface area (Å²) < 4.78 is 0. The van der Waals surface area contributed by atoms with Crippen molar-refractivity contribution >= 4 is 34.4 Å². The molecule has 0 radical (unpaired) electrons. The van der Waals surface area contributed by atoms with Crippen LogP contribution in [0.4, 0.5) is 0 Å². The number of aliphatic hydroxyl groups is 1. The maximum atomic E-state index is 10.6. The van der Waals surface area contributed by atoms with Gasteiger partial charge in [0, 0.05) is 5.57 Å². The number of carboxylic acid groups (broad SMARTS) is 1. The molecule has 310 valence electrons. The quantitative estimate of drug-likeness (QED) is 0.117. The van der Waals surface area contributed by atoms with E-state index in [-0.39, 0.29) is 24.5 Å². The topological polar surface area (TPSA) is 74.6 Å². The van der Waals surface area contributed by atoms with Gasteiger partial charge in [0.15, 0.2) is 0 Å². The Labute approximate surface area is 341 Å². The molecule has 0 aromatic rings. The van der Waals surface area contributed by atoms with Crippen LogP contribution in [0.25, 0.3) is 0 Å². The average molecular weight is 792 g/mol. The Kier molecular flexibility index (Phi) is 16.0. The van der Waals surface area contributed by atoms with E-state index in [4.69, 9.17) is 28.3 Å². The Hall–Kier alpha value is -0.840. The number of carbonyl (C=O) groups excluding carboxylic acids is 1. The molecule has 12 aliphatic carbocycles. The van der Waals surface area contributed by atoms with E-state index < -0.39 is 11.2 Å². The van der Waals surface area contributed by atoms with Gasteiger partial charge in [-0.2, -0.15) is 0 Å². The maximum Gasteiger partial charge on any atom is 0.330 e. The molecular formula is C48H80Cl2O4. The van der Waals surface area contributed by atoms with Crippen molar-refractivity contribution in [1.29, 1.82) is 0 Å². The number of carboxylic acids is 1. The number of allylic oxidation sites excluding steroid dienone is 1. The van der Waals surface area contributed by atoms with Gasteiger partial charge in [0.2, 0.25) is 5.24 Å². The van der Waals surface area contributed by atoms with Gasteiger partial charge in [0.05, 0.1) is 11.5 Å². The Balaban J connectivity index is 0.000000159. The third-order valence-corrected chi connectivity index (χ3v) is 17.9. The number of rotatable bonds is 7. The fourth-order valence-electron chi connectivity index (χ4n) is 15.1. The monoisotopic (exact) mass is 791 g/mol. The zero-order chi connectivity index (χ0) is 38.9. The van der Waals surface area contributed by atoms with Crippen molar-refractivity contribution in [2.24, 2.45) is 81.8 Å². The van der Waals surface area contributed by atoms with Crippen LogP contribution >= 0.6 is 23.2 Å². The smallest absolute Gasteiger partial charge is 0.330 e. The highest BCUT2D eigenvalue weighted by atomic mass is 35.5.